The number of thioether (sulfide) groups is 1. The molecule has 2 aliphatic heterocycles. The molecule has 5 unspecified atom stereocenters. The summed E-state index contributed by atoms with van der Waals surface area (Å²) in [5.74, 6) is 2.13. The highest BCUT2D eigenvalue weighted by Crippen LogP contribution is 2.74. The van der Waals surface area contributed by atoms with Crippen LogP contribution < -0.4 is 0 Å². The average Bonchev–Trinajstić information content (AvgIpc) is 3.51. The molecule has 0 aromatic carbocycles. The van der Waals surface area contributed by atoms with Gasteiger partial charge >= 0.3 is 5.97 Å². The fraction of sp³-hybridized carbons (Fsp3) is 0.867. The van der Waals surface area contributed by atoms with Crippen LogP contribution in [0.2, 0.25) is 0 Å². The Bertz CT molecular complexity index is 1040. The minimum atomic E-state index is -0.764. The monoisotopic (exact) mass is 548 g/mol. The van der Waals surface area contributed by atoms with Crippen molar-refractivity contribution in [2.75, 3.05) is 19.0 Å². The van der Waals surface area contributed by atoms with Crippen LogP contribution in [0.1, 0.15) is 72.6 Å². The van der Waals surface area contributed by atoms with Crippen LogP contribution in [-0.4, -0.2) is 75.2 Å². The predicted octanol–water partition coefficient (Wildman–Crippen LogP) is 3.28. The maximum atomic E-state index is 13.9. The standard InChI is InChI=1S/C30H44O7S/c1-15-11-22(36-27(35)18(15)14-32)16(2)19-5-6-20-17-12-25-30(37-25)26(34)23(38-10-9-31)13-24(33)29(30,4)21(17)7-8-28(19,20)3/h16-17,19-23,25-26,31-32,34H,5-14H2,1-4H3/t16-,17?,19?,20?,21?,22?,23-,25+,26-,28+,29-,30-/m0/s1. The first-order valence-corrected chi connectivity index (χ1v) is 15.7. The second-order valence-corrected chi connectivity index (χ2v) is 14.9. The SMILES string of the molecule is CC1=C(CO)C(=O)OC([C@@H](C)C2CCC3C4C[C@H]5O[C@]56[C@@H](O)[C@@H](SCCO)CC(=O)[C@]6(C)C4CC[C@@]32C)C1. The molecule has 38 heavy (non-hydrogen) atoms. The van der Waals surface area contributed by atoms with Gasteiger partial charge in [-0.05, 0) is 81.0 Å². The summed E-state index contributed by atoms with van der Waals surface area (Å²) in [6.45, 7) is 8.47. The van der Waals surface area contributed by atoms with Crippen LogP contribution in [0.25, 0.3) is 0 Å². The van der Waals surface area contributed by atoms with E-state index in [4.69, 9.17) is 9.47 Å². The molecule has 0 radical (unpaired) electrons. The molecule has 6 aliphatic rings. The second-order valence-electron chi connectivity index (χ2n) is 13.6. The Morgan fingerprint density at radius 1 is 1.11 bits per heavy atom. The van der Waals surface area contributed by atoms with E-state index >= 15 is 0 Å². The Kier molecular flexibility index (Phi) is 6.67. The number of aliphatic hydroxyl groups is 3. The minimum Gasteiger partial charge on any atom is -0.458 e. The number of aliphatic hydroxyl groups excluding tert-OH is 3. The number of fused-ring (bicyclic) bond motifs is 4. The summed E-state index contributed by atoms with van der Waals surface area (Å²) >= 11 is 1.50. The van der Waals surface area contributed by atoms with Gasteiger partial charge in [0.1, 0.15) is 17.5 Å². The summed E-state index contributed by atoms with van der Waals surface area (Å²) in [5.41, 5.74) is 0.0341. The van der Waals surface area contributed by atoms with Gasteiger partial charge in [0.2, 0.25) is 0 Å². The highest BCUT2D eigenvalue weighted by Gasteiger charge is 2.82. The first kappa shape index (κ1) is 27.3. The van der Waals surface area contributed by atoms with E-state index < -0.39 is 17.1 Å². The summed E-state index contributed by atoms with van der Waals surface area (Å²) in [5, 5.41) is 30.2. The lowest BCUT2D eigenvalue weighted by Gasteiger charge is -2.59. The third kappa shape index (κ3) is 3.49. The lowest BCUT2D eigenvalue weighted by molar-refractivity contribution is -0.165. The molecule has 0 amide bonds. The summed E-state index contributed by atoms with van der Waals surface area (Å²) in [6, 6.07) is 0. The average molecular weight is 549 g/mol. The van der Waals surface area contributed by atoms with Gasteiger partial charge in [-0.3, -0.25) is 4.79 Å². The molecular formula is C30H44O7S. The van der Waals surface area contributed by atoms with E-state index in [-0.39, 0.29) is 59.7 Å². The molecule has 12 atom stereocenters. The highest BCUT2D eigenvalue weighted by molar-refractivity contribution is 8.00. The zero-order chi connectivity index (χ0) is 27.2. The lowest BCUT2D eigenvalue weighted by atomic mass is 9.43. The largest absolute Gasteiger partial charge is 0.458 e. The van der Waals surface area contributed by atoms with Crippen LogP contribution in [-0.2, 0) is 19.1 Å². The zero-order valence-corrected chi connectivity index (χ0v) is 24.0. The van der Waals surface area contributed by atoms with Gasteiger partial charge in [0.25, 0.3) is 0 Å². The summed E-state index contributed by atoms with van der Waals surface area (Å²) in [6.07, 6.45) is 5.22. The molecule has 0 bridgehead atoms. The maximum Gasteiger partial charge on any atom is 0.336 e. The molecule has 4 saturated carbocycles. The number of epoxide rings is 1. The number of cyclic esters (lactones) is 1. The second kappa shape index (κ2) is 9.30. The van der Waals surface area contributed by atoms with E-state index in [1.54, 1.807) is 0 Å². The van der Waals surface area contributed by atoms with E-state index in [0.29, 0.717) is 41.9 Å². The summed E-state index contributed by atoms with van der Waals surface area (Å²) in [7, 11) is 0. The van der Waals surface area contributed by atoms with Gasteiger partial charge in [-0.2, -0.15) is 11.8 Å². The molecule has 2 heterocycles. The van der Waals surface area contributed by atoms with Crippen molar-refractivity contribution in [2.45, 2.75) is 102 Å². The number of rotatable bonds is 6. The molecule has 0 aromatic heterocycles. The van der Waals surface area contributed by atoms with Crippen molar-refractivity contribution in [3.05, 3.63) is 11.1 Å². The van der Waals surface area contributed by atoms with E-state index in [9.17, 15) is 24.9 Å². The molecule has 8 heteroatoms. The zero-order valence-electron chi connectivity index (χ0n) is 23.2. The highest BCUT2D eigenvalue weighted by atomic mass is 32.2. The van der Waals surface area contributed by atoms with Crippen molar-refractivity contribution < 1.29 is 34.4 Å². The smallest absolute Gasteiger partial charge is 0.336 e. The van der Waals surface area contributed by atoms with Crippen molar-refractivity contribution >= 4 is 23.5 Å². The first-order chi connectivity index (χ1) is 18.0. The van der Waals surface area contributed by atoms with Crippen molar-refractivity contribution in [3.63, 3.8) is 0 Å². The third-order valence-electron chi connectivity index (χ3n) is 12.4. The molecule has 1 saturated heterocycles. The van der Waals surface area contributed by atoms with E-state index in [0.717, 1.165) is 37.7 Å². The van der Waals surface area contributed by atoms with Gasteiger partial charge in [-0.15, -0.1) is 0 Å². The Labute approximate surface area is 230 Å². The lowest BCUT2D eigenvalue weighted by Crippen LogP contribution is -2.67. The number of esters is 1. The van der Waals surface area contributed by atoms with Crippen molar-refractivity contribution in [1.29, 1.82) is 0 Å². The Morgan fingerprint density at radius 3 is 2.55 bits per heavy atom. The van der Waals surface area contributed by atoms with Gasteiger partial charge < -0.3 is 24.8 Å². The van der Waals surface area contributed by atoms with Gasteiger partial charge in [0, 0.05) is 23.8 Å². The maximum absolute atomic E-state index is 13.9. The number of Topliss-reactive ketones (excluding diaryl/α,β-unsaturated/α-hetero) is 1. The predicted molar refractivity (Wildman–Crippen MR) is 143 cm³/mol. The Morgan fingerprint density at radius 2 is 1.87 bits per heavy atom. The molecule has 7 nitrogen and oxygen atoms in total. The van der Waals surface area contributed by atoms with Crippen LogP contribution in [0, 0.1) is 40.4 Å². The summed E-state index contributed by atoms with van der Waals surface area (Å²) in [4.78, 5) is 26.4. The number of carbonyl (C=O) groups is 2. The number of hydrogen-bond donors (Lipinski definition) is 3. The Balaban J connectivity index is 1.24. The van der Waals surface area contributed by atoms with E-state index in [1.807, 2.05) is 6.92 Å². The van der Waals surface area contributed by atoms with Crippen LogP contribution in [0.15, 0.2) is 11.1 Å². The molecule has 3 N–H and O–H groups in total. The molecule has 1 spiro atoms. The van der Waals surface area contributed by atoms with Gasteiger partial charge in [-0.1, -0.05) is 19.4 Å². The quantitative estimate of drug-likeness (QED) is 0.342. The molecule has 212 valence electrons. The minimum absolute atomic E-state index is 0.0414. The van der Waals surface area contributed by atoms with Crippen molar-refractivity contribution in [3.8, 4) is 0 Å². The first-order valence-electron chi connectivity index (χ1n) is 14.7. The third-order valence-corrected chi connectivity index (χ3v) is 13.7. The fourth-order valence-corrected chi connectivity index (χ4v) is 11.4. The van der Waals surface area contributed by atoms with E-state index in [1.165, 1.54) is 11.8 Å². The number of carbonyl (C=O) groups excluding carboxylic acids is 2. The van der Waals surface area contributed by atoms with Crippen LogP contribution in [0.3, 0.4) is 0 Å². The Hall–Kier alpha value is -0.930. The molecule has 4 aliphatic carbocycles. The molecule has 0 aromatic rings. The fourth-order valence-electron chi connectivity index (χ4n) is 10.4. The molecular weight excluding hydrogens is 504 g/mol. The normalized spacial score (nSPS) is 50.5. The van der Waals surface area contributed by atoms with Crippen LogP contribution >= 0.6 is 11.8 Å². The topological polar surface area (TPSA) is 117 Å². The van der Waals surface area contributed by atoms with Gasteiger partial charge in [-0.25, -0.2) is 4.79 Å². The van der Waals surface area contributed by atoms with Gasteiger partial charge in [0.05, 0.1) is 36.4 Å². The number of ether oxygens (including phenoxy) is 2. The number of hydrogen-bond acceptors (Lipinski definition) is 8. The molecule has 5 fully saturated rings. The van der Waals surface area contributed by atoms with Crippen molar-refractivity contribution in [2.24, 2.45) is 40.4 Å². The van der Waals surface area contributed by atoms with Crippen LogP contribution in [0.5, 0.6) is 0 Å². The van der Waals surface area contributed by atoms with Crippen molar-refractivity contribution in [1.82, 2.24) is 0 Å². The number of ketones is 1. The molecule has 6 rings (SSSR count). The van der Waals surface area contributed by atoms with Gasteiger partial charge in [0.15, 0.2) is 0 Å². The summed E-state index contributed by atoms with van der Waals surface area (Å²) < 4.78 is 12.3. The van der Waals surface area contributed by atoms with E-state index in [2.05, 4.69) is 20.8 Å². The van der Waals surface area contributed by atoms with Crippen LogP contribution in [0.4, 0.5) is 0 Å².